The van der Waals surface area contributed by atoms with E-state index in [1.807, 2.05) is 0 Å². The minimum Gasteiger partial charge on any atom is -0.478 e. The Morgan fingerprint density at radius 1 is 1.16 bits per heavy atom. The second-order valence-corrected chi connectivity index (χ2v) is 4.90. The van der Waals surface area contributed by atoms with Crippen LogP contribution in [0.5, 0.6) is 0 Å². The standard InChI is InChI=1S/C10H10O8S/c11-3-4-18-19(16,17)8-5-6(9(12)13)1-2-7(8)10(14)15/h1-2,5,11H,3-4H2,(H,12,13)(H,14,15). The third-order valence-electron chi connectivity index (χ3n) is 2.06. The third-order valence-corrected chi connectivity index (χ3v) is 3.41. The largest absolute Gasteiger partial charge is 0.478 e. The van der Waals surface area contributed by atoms with Crippen molar-refractivity contribution >= 4 is 22.1 Å². The molecule has 1 aromatic carbocycles. The number of hydrogen-bond acceptors (Lipinski definition) is 6. The Kier molecular flexibility index (Phi) is 4.59. The van der Waals surface area contributed by atoms with Gasteiger partial charge in [-0.25, -0.2) is 9.59 Å². The highest BCUT2D eigenvalue weighted by Crippen LogP contribution is 2.20. The molecule has 9 heteroatoms. The zero-order valence-electron chi connectivity index (χ0n) is 9.44. The molecule has 0 aliphatic rings. The fourth-order valence-corrected chi connectivity index (χ4v) is 2.37. The lowest BCUT2D eigenvalue weighted by Crippen LogP contribution is -2.15. The molecular weight excluding hydrogens is 280 g/mol. The summed E-state index contributed by atoms with van der Waals surface area (Å²) < 4.78 is 27.8. The number of aromatic carboxylic acids is 2. The topological polar surface area (TPSA) is 138 Å². The highest BCUT2D eigenvalue weighted by molar-refractivity contribution is 7.86. The predicted molar refractivity (Wildman–Crippen MR) is 60.6 cm³/mol. The van der Waals surface area contributed by atoms with Crippen LogP contribution in [0.3, 0.4) is 0 Å². The molecule has 0 atom stereocenters. The van der Waals surface area contributed by atoms with E-state index in [1.165, 1.54) is 0 Å². The van der Waals surface area contributed by atoms with Gasteiger partial charge >= 0.3 is 11.9 Å². The van der Waals surface area contributed by atoms with Gasteiger partial charge in [0.25, 0.3) is 10.1 Å². The van der Waals surface area contributed by atoms with Crippen LogP contribution in [0.25, 0.3) is 0 Å². The van der Waals surface area contributed by atoms with Crippen LogP contribution in [0.4, 0.5) is 0 Å². The molecule has 0 radical (unpaired) electrons. The molecule has 0 bridgehead atoms. The molecule has 8 nitrogen and oxygen atoms in total. The number of aliphatic hydroxyl groups excluding tert-OH is 1. The van der Waals surface area contributed by atoms with Crippen molar-refractivity contribution in [2.24, 2.45) is 0 Å². The number of carboxylic acid groups (broad SMARTS) is 2. The first-order valence-corrected chi connectivity index (χ1v) is 6.31. The zero-order chi connectivity index (χ0) is 14.6. The molecule has 0 aromatic heterocycles. The van der Waals surface area contributed by atoms with E-state index in [0.717, 1.165) is 12.1 Å². The summed E-state index contributed by atoms with van der Waals surface area (Å²) in [6.07, 6.45) is 0. The summed E-state index contributed by atoms with van der Waals surface area (Å²) in [6, 6.07) is 2.52. The van der Waals surface area contributed by atoms with Crippen molar-refractivity contribution in [2.45, 2.75) is 4.90 Å². The average Bonchev–Trinajstić information content (AvgIpc) is 2.35. The maximum atomic E-state index is 11.7. The monoisotopic (exact) mass is 290 g/mol. The molecule has 19 heavy (non-hydrogen) atoms. The van der Waals surface area contributed by atoms with Crippen molar-refractivity contribution in [1.82, 2.24) is 0 Å². The molecule has 0 heterocycles. The minimum absolute atomic E-state index is 0.392. The number of aliphatic hydroxyl groups is 1. The fraction of sp³-hybridized carbons (Fsp3) is 0.200. The van der Waals surface area contributed by atoms with Gasteiger partial charge in [0.15, 0.2) is 0 Å². The lowest BCUT2D eigenvalue weighted by Gasteiger charge is -2.08. The van der Waals surface area contributed by atoms with Crippen molar-refractivity contribution in [3.63, 3.8) is 0 Å². The number of rotatable bonds is 6. The fourth-order valence-electron chi connectivity index (χ4n) is 1.25. The van der Waals surface area contributed by atoms with Crippen molar-refractivity contribution < 1.29 is 37.5 Å². The SMILES string of the molecule is O=C(O)c1ccc(C(=O)O)c(S(=O)(=O)OCCO)c1. The highest BCUT2D eigenvalue weighted by Gasteiger charge is 2.24. The van der Waals surface area contributed by atoms with Crippen molar-refractivity contribution in [3.8, 4) is 0 Å². The van der Waals surface area contributed by atoms with Crippen molar-refractivity contribution in [3.05, 3.63) is 29.3 Å². The summed E-state index contributed by atoms with van der Waals surface area (Å²) in [6.45, 7) is -1.14. The lowest BCUT2D eigenvalue weighted by molar-refractivity contribution is 0.0677. The van der Waals surface area contributed by atoms with Crippen LogP contribution in [0, 0.1) is 0 Å². The summed E-state index contributed by atoms with van der Waals surface area (Å²) >= 11 is 0. The summed E-state index contributed by atoms with van der Waals surface area (Å²) in [5.41, 5.74) is -1.00. The molecule has 0 aliphatic heterocycles. The van der Waals surface area contributed by atoms with Gasteiger partial charge < -0.3 is 15.3 Å². The van der Waals surface area contributed by atoms with Crippen molar-refractivity contribution in [1.29, 1.82) is 0 Å². The molecule has 1 aromatic rings. The van der Waals surface area contributed by atoms with Gasteiger partial charge in [0.1, 0.15) is 4.90 Å². The second kappa shape index (κ2) is 5.78. The lowest BCUT2D eigenvalue weighted by atomic mass is 10.1. The van der Waals surface area contributed by atoms with Gasteiger partial charge in [-0.2, -0.15) is 8.42 Å². The van der Waals surface area contributed by atoms with E-state index in [2.05, 4.69) is 4.18 Å². The number of carboxylic acids is 2. The van der Waals surface area contributed by atoms with Gasteiger partial charge in [0.05, 0.1) is 24.3 Å². The van der Waals surface area contributed by atoms with Crippen LogP contribution in [-0.4, -0.2) is 48.9 Å². The molecule has 0 fully saturated rings. The smallest absolute Gasteiger partial charge is 0.337 e. The van der Waals surface area contributed by atoms with Crippen LogP contribution in [-0.2, 0) is 14.3 Å². The van der Waals surface area contributed by atoms with E-state index in [0.29, 0.717) is 6.07 Å². The molecule has 0 spiro atoms. The Bertz CT molecular complexity index is 604. The Hall–Kier alpha value is -1.97. The molecule has 0 saturated heterocycles. The Morgan fingerprint density at radius 3 is 2.26 bits per heavy atom. The van der Waals surface area contributed by atoms with E-state index in [9.17, 15) is 18.0 Å². The van der Waals surface area contributed by atoms with Gasteiger partial charge in [-0.1, -0.05) is 0 Å². The maximum Gasteiger partial charge on any atom is 0.337 e. The first-order valence-electron chi connectivity index (χ1n) is 4.90. The third kappa shape index (κ3) is 3.50. The van der Waals surface area contributed by atoms with Crippen LogP contribution in [0.2, 0.25) is 0 Å². The van der Waals surface area contributed by atoms with Gasteiger partial charge in [0, 0.05) is 0 Å². The average molecular weight is 290 g/mol. The van der Waals surface area contributed by atoms with E-state index >= 15 is 0 Å². The molecule has 0 aliphatic carbocycles. The zero-order valence-corrected chi connectivity index (χ0v) is 10.3. The van der Waals surface area contributed by atoms with E-state index in [1.54, 1.807) is 0 Å². The number of hydrogen-bond donors (Lipinski definition) is 3. The molecule has 0 saturated carbocycles. The second-order valence-electron chi connectivity index (χ2n) is 3.32. The Balaban J connectivity index is 3.40. The van der Waals surface area contributed by atoms with E-state index < -0.39 is 51.3 Å². The molecular formula is C10H10O8S. The summed E-state index contributed by atoms with van der Waals surface area (Å²) in [7, 11) is -4.46. The number of carbonyl (C=O) groups is 2. The Labute approximate surface area is 108 Å². The first kappa shape index (κ1) is 15.1. The van der Waals surface area contributed by atoms with Gasteiger partial charge in [-0.3, -0.25) is 4.18 Å². The van der Waals surface area contributed by atoms with Gasteiger partial charge in [-0.15, -0.1) is 0 Å². The minimum atomic E-state index is -4.46. The van der Waals surface area contributed by atoms with E-state index in [4.69, 9.17) is 15.3 Å². The maximum absolute atomic E-state index is 11.7. The quantitative estimate of drug-likeness (QED) is 0.611. The molecule has 1 rings (SSSR count). The van der Waals surface area contributed by atoms with Crippen molar-refractivity contribution in [2.75, 3.05) is 13.2 Å². The van der Waals surface area contributed by atoms with Crippen LogP contribution in [0.1, 0.15) is 20.7 Å². The van der Waals surface area contributed by atoms with Crippen LogP contribution >= 0.6 is 0 Å². The summed E-state index contributed by atoms with van der Waals surface area (Å²) in [5, 5.41) is 26.1. The summed E-state index contributed by atoms with van der Waals surface area (Å²) in [5.74, 6) is -2.95. The van der Waals surface area contributed by atoms with E-state index in [-0.39, 0.29) is 0 Å². The molecule has 3 N–H and O–H groups in total. The normalized spacial score (nSPS) is 11.2. The highest BCUT2D eigenvalue weighted by atomic mass is 32.2. The Morgan fingerprint density at radius 2 is 1.79 bits per heavy atom. The first-order chi connectivity index (χ1) is 8.79. The number of benzene rings is 1. The molecule has 0 amide bonds. The predicted octanol–water partition coefficient (Wildman–Crippen LogP) is -0.219. The van der Waals surface area contributed by atoms with Crippen LogP contribution in [0.15, 0.2) is 23.1 Å². The molecule has 104 valence electrons. The van der Waals surface area contributed by atoms with Gasteiger partial charge in [0.2, 0.25) is 0 Å². The summed E-state index contributed by atoms with van der Waals surface area (Å²) in [4.78, 5) is 20.9. The van der Waals surface area contributed by atoms with Crippen LogP contribution < -0.4 is 0 Å². The molecule has 0 unspecified atom stereocenters. The van der Waals surface area contributed by atoms with Gasteiger partial charge in [-0.05, 0) is 18.2 Å².